The van der Waals surface area contributed by atoms with Gasteiger partial charge in [0.25, 0.3) is 0 Å². The first-order valence-corrected chi connectivity index (χ1v) is 10.9. The van der Waals surface area contributed by atoms with E-state index in [2.05, 4.69) is 32.3 Å². The van der Waals surface area contributed by atoms with E-state index in [4.69, 9.17) is 4.74 Å². The first-order valence-electron chi connectivity index (χ1n) is 10.9. The zero-order valence-corrected chi connectivity index (χ0v) is 17.3. The van der Waals surface area contributed by atoms with Crippen molar-refractivity contribution in [2.75, 3.05) is 65.6 Å². The molecule has 2 N–H and O–H groups in total. The monoisotopic (exact) mass is 381 g/mol. The van der Waals surface area contributed by atoms with E-state index in [1.54, 1.807) is 0 Å². The van der Waals surface area contributed by atoms with Gasteiger partial charge in [-0.2, -0.15) is 0 Å². The fourth-order valence-electron chi connectivity index (χ4n) is 3.80. The Bertz CT molecular complexity index is 444. The molecule has 0 unspecified atom stereocenters. The van der Waals surface area contributed by atoms with Crippen LogP contribution in [-0.4, -0.2) is 87.2 Å². The van der Waals surface area contributed by atoms with Gasteiger partial charge in [0, 0.05) is 71.5 Å². The van der Waals surface area contributed by atoms with Gasteiger partial charge in [0.2, 0.25) is 5.91 Å². The van der Waals surface area contributed by atoms with Crippen LogP contribution in [0.15, 0.2) is 4.99 Å². The van der Waals surface area contributed by atoms with Crippen LogP contribution in [0.1, 0.15) is 46.0 Å². The van der Waals surface area contributed by atoms with Crippen LogP contribution in [0.25, 0.3) is 0 Å². The Balaban J connectivity index is 1.61. The Morgan fingerprint density at radius 1 is 1.11 bits per heavy atom. The first kappa shape index (κ1) is 22.0. The van der Waals surface area contributed by atoms with Crippen LogP contribution < -0.4 is 10.6 Å². The van der Waals surface area contributed by atoms with E-state index < -0.39 is 0 Å². The fourth-order valence-corrected chi connectivity index (χ4v) is 3.80. The molecule has 0 aromatic heterocycles. The summed E-state index contributed by atoms with van der Waals surface area (Å²) in [6.45, 7) is 12.8. The van der Waals surface area contributed by atoms with Gasteiger partial charge >= 0.3 is 0 Å². The summed E-state index contributed by atoms with van der Waals surface area (Å²) in [6, 6.07) is 0. The normalized spacial score (nSPS) is 19.5. The molecular formula is C20H39N5O2. The molecule has 1 heterocycles. The van der Waals surface area contributed by atoms with Gasteiger partial charge in [0.15, 0.2) is 5.96 Å². The summed E-state index contributed by atoms with van der Waals surface area (Å²) in [5.74, 6) is 1.59. The predicted molar refractivity (Wildman–Crippen MR) is 110 cm³/mol. The summed E-state index contributed by atoms with van der Waals surface area (Å²) in [5, 5.41) is 6.70. The molecule has 0 spiro atoms. The van der Waals surface area contributed by atoms with Crippen molar-refractivity contribution >= 4 is 11.9 Å². The number of piperazine rings is 1. The van der Waals surface area contributed by atoms with Crippen LogP contribution in [0, 0.1) is 5.92 Å². The van der Waals surface area contributed by atoms with Gasteiger partial charge in [0.05, 0.1) is 0 Å². The second kappa shape index (κ2) is 12.9. The van der Waals surface area contributed by atoms with Gasteiger partial charge in [-0.25, -0.2) is 0 Å². The van der Waals surface area contributed by atoms with E-state index in [9.17, 15) is 4.79 Å². The number of ether oxygens (including phenoxy) is 1. The lowest BCUT2D eigenvalue weighted by Crippen LogP contribution is -2.51. The fraction of sp³-hybridized carbons (Fsp3) is 0.900. The molecule has 1 aliphatic heterocycles. The number of nitrogens with zero attached hydrogens (tertiary/aromatic N) is 3. The Morgan fingerprint density at radius 2 is 1.85 bits per heavy atom. The highest BCUT2D eigenvalue weighted by atomic mass is 16.5. The van der Waals surface area contributed by atoms with Gasteiger partial charge in [-0.1, -0.05) is 12.8 Å². The minimum Gasteiger partial charge on any atom is -0.382 e. The maximum Gasteiger partial charge on any atom is 0.225 e. The third-order valence-corrected chi connectivity index (χ3v) is 5.37. The molecule has 2 fully saturated rings. The number of hydrogen-bond acceptors (Lipinski definition) is 4. The van der Waals surface area contributed by atoms with Crippen molar-refractivity contribution in [3.63, 3.8) is 0 Å². The Morgan fingerprint density at radius 3 is 2.52 bits per heavy atom. The smallest absolute Gasteiger partial charge is 0.225 e. The summed E-state index contributed by atoms with van der Waals surface area (Å²) < 4.78 is 5.35. The number of carbonyl (C=O) groups excluding carboxylic acids is 1. The number of carbonyl (C=O) groups is 1. The van der Waals surface area contributed by atoms with Crippen molar-refractivity contribution in [1.29, 1.82) is 0 Å². The van der Waals surface area contributed by atoms with Crippen LogP contribution in [0.4, 0.5) is 0 Å². The molecule has 7 nitrogen and oxygen atoms in total. The third-order valence-electron chi connectivity index (χ3n) is 5.37. The van der Waals surface area contributed by atoms with Crippen LogP contribution in [0.3, 0.4) is 0 Å². The van der Waals surface area contributed by atoms with Crippen molar-refractivity contribution in [2.24, 2.45) is 10.9 Å². The number of aliphatic imine (C=N–C) groups is 1. The summed E-state index contributed by atoms with van der Waals surface area (Å²) in [7, 11) is 0. The molecular weight excluding hydrogens is 342 g/mol. The molecule has 156 valence electrons. The topological polar surface area (TPSA) is 69.2 Å². The molecule has 7 heteroatoms. The molecule has 2 rings (SSSR count). The summed E-state index contributed by atoms with van der Waals surface area (Å²) >= 11 is 0. The van der Waals surface area contributed by atoms with Gasteiger partial charge in [-0.15, -0.1) is 0 Å². The third kappa shape index (κ3) is 8.05. The molecule has 1 saturated carbocycles. The lowest BCUT2D eigenvalue weighted by molar-refractivity contribution is -0.137. The summed E-state index contributed by atoms with van der Waals surface area (Å²) in [5.41, 5.74) is 0. The van der Waals surface area contributed by atoms with Crippen LogP contribution in [0.5, 0.6) is 0 Å². The highest BCUT2D eigenvalue weighted by molar-refractivity contribution is 5.80. The molecule has 0 aromatic rings. The molecule has 0 aromatic carbocycles. The van der Waals surface area contributed by atoms with Crippen molar-refractivity contribution in [2.45, 2.75) is 46.0 Å². The quantitative estimate of drug-likeness (QED) is 0.339. The molecule has 1 saturated heterocycles. The van der Waals surface area contributed by atoms with Gasteiger partial charge in [-0.05, 0) is 33.1 Å². The number of hydrogen-bond donors (Lipinski definition) is 2. The zero-order chi connectivity index (χ0) is 19.3. The second-order valence-electron chi connectivity index (χ2n) is 7.39. The van der Waals surface area contributed by atoms with Crippen molar-refractivity contribution in [1.82, 2.24) is 20.4 Å². The van der Waals surface area contributed by atoms with Gasteiger partial charge < -0.3 is 20.3 Å². The van der Waals surface area contributed by atoms with Crippen LogP contribution >= 0.6 is 0 Å². The molecule has 0 atom stereocenters. The highest BCUT2D eigenvalue weighted by Gasteiger charge is 2.29. The molecule has 0 bridgehead atoms. The number of guanidine groups is 1. The summed E-state index contributed by atoms with van der Waals surface area (Å²) in [6.07, 6.45) is 5.59. The molecule has 0 radical (unpaired) electrons. The van der Waals surface area contributed by atoms with Gasteiger partial charge in [-0.3, -0.25) is 14.7 Å². The van der Waals surface area contributed by atoms with E-state index in [0.717, 1.165) is 90.8 Å². The van der Waals surface area contributed by atoms with E-state index >= 15 is 0 Å². The molecule has 1 aliphatic carbocycles. The zero-order valence-electron chi connectivity index (χ0n) is 17.3. The lowest BCUT2D eigenvalue weighted by Gasteiger charge is -2.36. The average Bonchev–Trinajstić information content (AvgIpc) is 3.22. The Labute approximate surface area is 164 Å². The van der Waals surface area contributed by atoms with Crippen molar-refractivity contribution in [3.05, 3.63) is 0 Å². The molecule has 27 heavy (non-hydrogen) atoms. The van der Waals surface area contributed by atoms with E-state index in [-0.39, 0.29) is 0 Å². The van der Waals surface area contributed by atoms with Crippen molar-refractivity contribution in [3.8, 4) is 0 Å². The van der Waals surface area contributed by atoms with Gasteiger partial charge in [0.1, 0.15) is 0 Å². The summed E-state index contributed by atoms with van der Waals surface area (Å²) in [4.78, 5) is 21.6. The Kier molecular flexibility index (Phi) is 10.5. The van der Waals surface area contributed by atoms with Crippen LogP contribution in [0.2, 0.25) is 0 Å². The molecule has 1 amide bonds. The number of nitrogens with one attached hydrogen (secondary N) is 2. The maximum atomic E-state index is 12.5. The van der Waals surface area contributed by atoms with E-state index in [1.165, 1.54) is 12.8 Å². The highest BCUT2D eigenvalue weighted by Crippen LogP contribution is 2.26. The number of amides is 1. The Hall–Kier alpha value is -1.34. The minimum absolute atomic E-state index is 0.305. The van der Waals surface area contributed by atoms with Crippen molar-refractivity contribution < 1.29 is 9.53 Å². The maximum absolute atomic E-state index is 12.5. The predicted octanol–water partition coefficient (Wildman–Crippen LogP) is 1.30. The number of rotatable bonds is 10. The first-order chi connectivity index (χ1) is 13.2. The SMILES string of the molecule is CCNC(=NCCCOCC)NCCN1CCN(C(=O)C2CCCC2)CC1. The minimum atomic E-state index is 0.305. The lowest BCUT2D eigenvalue weighted by atomic mass is 10.1. The largest absolute Gasteiger partial charge is 0.382 e. The molecule has 2 aliphatic rings. The average molecular weight is 382 g/mol. The van der Waals surface area contributed by atoms with E-state index in [0.29, 0.717) is 11.8 Å². The second-order valence-corrected chi connectivity index (χ2v) is 7.39. The van der Waals surface area contributed by atoms with E-state index in [1.807, 2.05) is 6.92 Å². The standard InChI is InChI=1S/C20H39N5O2/c1-3-21-20(22-10-7-17-27-4-2)23-11-12-24-13-15-25(16-14-24)19(26)18-8-5-6-9-18/h18H,3-17H2,1-2H3,(H2,21,22,23). The van der Waals surface area contributed by atoms with Crippen LogP contribution in [-0.2, 0) is 9.53 Å².